The van der Waals surface area contributed by atoms with Gasteiger partial charge in [-0.3, -0.25) is 9.48 Å². The van der Waals surface area contributed by atoms with E-state index in [0.717, 1.165) is 5.56 Å². The van der Waals surface area contributed by atoms with Crippen LogP contribution >= 0.6 is 0 Å². The van der Waals surface area contributed by atoms with Crippen molar-refractivity contribution < 1.29 is 13.2 Å². The number of aromatic nitrogens is 3. The molecule has 0 aliphatic heterocycles. The number of anilines is 1. The van der Waals surface area contributed by atoms with Gasteiger partial charge in [0.1, 0.15) is 10.7 Å². The largest absolute Gasteiger partial charge is 0.309 e. The Balaban J connectivity index is 2.14. The van der Waals surface area contributed by atoms with Gasteiger partial charge in [-0.15, -0.1) is 0 Å². The maximum Gasteiger partial charge on any atom is 0.244 e. The van der Waals surface area contributed by atoms with Gasteiger partial charge in [0.25, 0.3) is 0 Å². The minimum atomic E-state index is -3.86. The lowest BCUT2D eigenvalue weighted by Gasteiger charge is -2.14. The van der Waals surface area contributed by atoms with Crippen LogP contribution in [0.15, 0.2) is 23.2 Å². The molecular formula is C15H21N5O3S. The molecule has 8 nitrogen and oxygen atoms in total. The van der Waals surface area contributed by atoms with Crippen LogP contribution in [-0.2, 0) is 21.9 Å². The average molecular weight is 351 g/mol. The van der Waals surface area contributed by atoms with Gasteiger partial charge in [0, 0.05) is 13.2 Å². The van der Waals surface area contributed by atoms with Crippen LogP contribution in [-0.4, -0.2) is 35.1 Å². The summed E-state index contributed by atoms with van der Waals surface area (Å²) in [5.41, 5.74) is 1.85. The fraction of sp³-hybridized carbons (Fsp3) is 0.400. The summed E-state index contributed by atoms with van der Waals surface area (Å²) in [5, 5.41) is 6.67. The highest BCUT2D eigenvalue weighted by Gasteiger charge is 2.27. The average Bonchev–Trinajstić information content (AvgIpc) is 2.74. The molecule has 0 radical (unpaired) electrons. The smallest absolute Gasteiger partial charge is 0.244 e. The summed E-state index contributed by atoms with van der Waals surface area (Å²) in [7, 11) is -2.19. The van der Waals surface area contributed by atoms with Gasteiger partial charge in [-0.2, -0.15) is 9.82 Å². The fourth-order valence-electron chi connectivity index (χ4n) is 2.26. The fourth-order valence-corrected chi connectivity index (χ4v) is 3.91. The molecule has 0 saturated carbocycles. The molecule has 1 atom stereocenters. The molecule has 1 amide bonds. The highest BCUT2D eigenvalue weighted by atomic mass is 32.2. The Kier molecular flexibility index (Phi) is 5.05. The van der Waals surface area contributed by atoms with E-state index in [0.29, 0.717) is 17.2 Å². The SMILES string of the molecule is Cc1ccc(NC(=O)C(C)NS(=O)(=O)c2c(C)nn(C)c2C)nc1. The maximum absolute atomic E-state index is 12.5. The summed E-state index contributed by atoms with van der Waals surface area (Å²) in [5.74, 6) is -0.125. The third-order valence-corrected chi connectivity index (χ3v) is 5.39. The number of amides is 1. The molecule has 2 N–H and O–H groups in total. The van der Waals surface area contributed by atoms with Gasteiger partial charge in [-0.25, -0.2) is 13.4 Å². The Labute approximate surface area is 141 Å². The van der Waals surface area contributed by atoms with Gasteiger partial charge >= 0.3 is 0 Å². The minimum Gasteiger partial charge on any atom is -0.309 e. The lowest BCUT2D eigenvalue weighted by atomic mass is 10.3. The molecule has 0 aliphatic carbocycles. The Bertz CT molecular complexity index is 856. The van der Waals surface area contributed by atoms with Gasteiger partial charge in [0.05, 0.1) is 17.4 Å². The van der Waals surface area contributed by atoms with Crippen molar-refractivity contribution in [2.45, 2.75) is 38.6 Å². The summed E-state index contributed by atoms with van der Waals surface area (Å²) >= 11 is 0. The first-order chi connectivity index (χ1) is 11.1. The third-order valence-electron chi connectivity index (χ3n) is 3.60. The molecule has 0 aromatic carbocycles. The van der Waals surface area contributed by atoms with E-state index in [9.17, 15) is 13.2 Å². The van der Waals surface area contributed by atoms with E-state index in [1.165, 1.54) is 11.6 Å². The van der Waals surface area contributed by atoms with Gasteiger partial charge in [0.15, 0.2) is 0 Å². The zero-order valence-electron chi connectivity index (χ0n) is 14.3. The number of nitrogens with one attached hydrogen (secondary N) is 2. The number of pyridine rings is 1. The third kappa shape index (κ3) is 3.80. The molecule has 2 rings (SSSR count). The predicted molar refractivity (Wildman–Crippen MR) is 90.1 cm³/mol. The molecule has 2 aromatic heterocycles. The highest BCUT2D eigenvalue weighted by Crippen LogP contribution is 2.18. The summed E-state index contributed by atoms with van der Waals surface area (Å²) < 4.78 is 28.9. The lowest BCUT2D eigenvalue weighted by molar-refractivity contribution is -0.117. The van der Waals surface area contributed by atoms with E-state index in [1.807, 2.05) is 6.92 Å². The second-order valence-electron chi connectivity index (χ2n) is 5.68. The van der Waals surface area contributed by atoms with E-state index in [4.69, 9.17) is 0 Å². The van der Waals surface area contributed by atoms with Crippen molar-refractivity contribution >= 4 is 21.7 Å². The number of rotatable bonds is 5. The van der Waals surface area contributed by atoms with Crippen LogP contribution in [0, 0.1) is 20.8 Å². The number of nitrogens with zero attached hydrogens (tertiary/aromatic N) is 3. The molecule has 0 bridgehead atoms. The van der Waals surface area contributed by atoms with Crippen molar-refractivity contribution in [2.24, 2.45) is 7.05 Å². The Morgan fingerprint density at radius 2 is 1.92 bits per heavy atom. The van der Waals surface area contributed by atoms with Crippen molar-refractivity contribution in [3.8, 4) is 0 Å². The zero-order valence-corrected chi connectivity index (χ0v) is 15.1. The number of sulfonamides is 1. The van der Waals surface area contributed by atoms with Crippen LogP contribution in [0.25, 0.3) is 0 Å². The summed E-state index contributed by atoms with van der Waals surface area (Å²) in [4.78, 5) is 16.3. The topological polar surface area (TPSA) is 106 Å². The van der Waals surface area contributed by atoms with Crippen molar-refractivity contribution in [1.29, 1.82) is 0 Å². The van der Waals surface area contributed by atoms with Gasteiger partial charge in [-0.1, -0.05) is 6.07 Å². The van der Waals surface area contributed by atoms with E-state index in [-0.39, 0.29) is 4.90 Å². The molecule has 0 saturated heterocycles. The predicted octanol–water partition coefficient (Wildman–Crippen LogP) is 1.05. The van der Waals surface area contributed by atoms with Crippen LogP contribution in [0.4, 0.5) is 5.82 Å². The normalized spacial score (nSPS) is 12.9. The van der Waals surface area contributed by atoms with Crippen LogP contribution in [0.5, 0.6) is 0 Å². The van der Waals surface area contributed by atoms with Gasteiger partial charge < -0.3 is 5.32 Å². The Morgan fingerprint density at radius 1 is 1.25 bits per heavy atom. The summed E-state index contributed by atoms with van der Waals surface area (Å²) in [6.45, 7) is 6.63. The molecular weight excluding hydrogens is 330 g/mol. The molecule has 0 aliphatic rings. The Morgan fingerprint density at radius 3 is 2.42 bits per heavy atom. The summed E-state index contributed by atoms with van der Waals surface area (Å²) in [6.07, 6.45) is 1.62. The maximum atomic E-state index is 12.5. The van der Waals surface area contributed by atoms with E-state index >= 15 is 0 Å². The number of aryl methyl sites for hydroxylation is 3. The van der Waals surface area contributed by atoms with Crippen molar-refractivity contribution in [3.05, 3.63) is 35.3 Å². The monoisotopic (exact) mass is 351 g/mol. The molecule has 0 spiro atoms. The zero-order chi connectivity index (χ0) is 18.1. The first kappa shape index (κ1) is 18.1. The number of carbonyl (C=O) groups is 1. The molecule has 2 aromatic rings. The van der Waals surface area contributed by atoms with Crippen molar-refractivity contribution in [2.75, 3.05) is 5.32 Å². The van der Waals surface area contributed by atoms with Crippen LogP contribution in [0.1, 0.15) is 23.9 Å². The second kappa shape index (κ2) is 6.70. The molecule has 1 unspecified atom stereocenters. The van der Waals surface area contributed by atoms with Gasteiger partial charge in [0.2, 0.25) is 15.9 Å². The second-order valence-corrected chi connectivity index (χ2v) is 7.33. The number of hydrogen-bond acceptors (Lipinski definition) is 5. The molecule has 130 valence electrons. The van der Waals surface area contributed by atoms with E-state index in [2.05, 4.69) is 20.1 Å². The lowest BCUT2D eigenvalue weighted by Crippen LogP contribution is -2.41. The molecule has 24 heavy (non-hydrogen) atoms. The van der Waals surface area contributed by atoms with Crippen LogP contribution < -0.4 is 10.0 Å². The number of carbonyl (C=O) groups excluding carboxylic acids is 1. The highest BCUT2D eigenvalue weighted by molar-refractivity contribution is 7.89. The van der Waals surface area contributed by atoms with Crippen LogP contribution in [0.2, 0.25) is 0 Å². The quantitative estimate of drug-likeness (QED) is 0.837. The van der Waals surface area contributed by atoms with Crippen molar-refractivity contribution in [3.63, 3.8) is 0 Å². The van der Waals surface area contributed by atoms with Crippen molar-refractivity contribution in [1.82, 2.24) is 19.5 Å². The van der Waals surface area contributed by atoms with E-state index in [1.54, 1.807) is 39.2 Å². The summed E-state index contributed by atoms with van der Waals surface area (Å²) in [6, 6.07) is 2.50. The Hall–Kier alpha value is -2.26. The van der Waals surface area contributed by atoms with Gasteiger partial charge in [-0.05, 0) is 39.3 Å². The number of hydrogen-bond donors (Lipinski definition) is 2. The van der Waals surface area contributed by atoms with E-state index < -0.39 is 22.0 Å². The molecule has 0 fully saturated rings. The first-order valence-electron chi connectivity index (χ1n) is 7.38. The van der Waals surface area contributed by atoms with Crippen LogP contribution in [0.3, 0.4) is 0 Å². The minimum absolute atomic E-state index is 0.0955. The standard InChI is InChI=1S/C15H21N5O3S/c1-9-6-7-13(16-8-9)17-15(21)11(3)19-24(22,23)14-10(2)18-20(5)12(14)4/h6-8,11,19H,1-5H3,(H,16,17,21). The first-order valence-corrected chi connectivity index (χ1v) is 8.86. The molecule has 2 heterocycles. The molecule has 9 heteroatoms.